The van der Waals surface area contributed by atoms with E-state index in [1.54, 1.807) is 0 Å². The lowest BCUT2D eigenvalue weighted by Gasteiger charge is -2.45. The number of amides is 1. The minimum Gasteiger partial charge on any atom is -0.481 e. The summed E-state index contributed by atoms with van der Waals surface area (Å²) in [7, 11) is 0. The molecule has 1 aliphatic heterocycles. The van der Waals surface area contributed by atoms with E-state index >= 15 is 0 Å². The van der Waals surface area contributed by atoms with E-state index in [1.807, 2.05) is 0 Å². The van der Waals surface area contributed by atoms with Crippen LogP contribution in [0, 0.1) is 0 Å². The molecule has 2 fully saturated rings. The largest absolute Gasteiger partial charge is 0.481 e. The predicted octanol–water partition coefficient (Wildman–Crippen LogP) is 1.28. The third kappa shape index (κ3) is 3.48. The number of hydrogen-bond acceptors (Lipinski definition) is 3. The van der Waals surface area contributed by atoms with Crippen LogP contribution in [0.1, 0.15) is 38.5 Å². The van der Waals surface area contributed by atoms with Crippen molar-refractivity contribution in [3.8, 4) is 0 Å². The molecule has 2 aliphatic rings. The summed E-state index contributed by atoms with van der Waals surface area (Å²) in [5.41, 5.74) is 0. The molecule has 1 unspecified atom stereocenters. The van der Waals surface area contributed by atoms with Gasteiger partial charge in [-0.15, -0.1) is 0 Å². The summed E-state index contributed by atoms with van der Waals surface area (Å²) in [5.74, 6) is -1.19. The Bertz CT molecular complexity index is 358. The van der Waals surface area contributed by atoms with Crippen LogP contribution in [0.15, 0.2) is 0 Å². The first-order chi connectivity index (χ1) is 9.63. The fraction of sp³-hybridized carbons (Fsp3) is 0.857. The summed E-state index contributed by atoms with van der Waals surface area (Å²) in [6, 6.07) is -0.305. The maximum atomic E-state index is 12.5. The zero-order valence-corrected chi connectivity index (χ0v) is 11.8. The van der Waals surface area contributed by atoms with Crippen molar-refractivity contribution in [3.63, 3.8) is 0 Å². The van der Waals surface area contributed by atoms with E-state index in [-0.39, 0.29) is 18.9 Å². The number of rotatable bonds is 5. The van der Waals surface area contributed by atoms with Crippen molar-refractivity contribution >= 4 is 11.9 Å². The summed E-state index contributed by atoms with van der Waals surface area (Å²) >= 11 is 0. The molecule has 1 atom stereocenters. The zero-order chi connectivity index (χ0) is 14.5. The van der Waals surface area contributed by atoms with Gasteiger partial charge in [-0.3, -0.25) is 14.5 Å². The molecule has 1 aliphatic carbocycles. The third-order valence-electron chi connectivity index (χ3n) is 4.39. The Morgan fingerprint density at radius 3 is 2.55 bits per heavy atom. The molecule has 0 aromatic carbocycles. The second-order valence-electron chi connectivity index (χ2n) is 5.66. The van der Waals surface area contributed by atoms with E-state index in [0.29, 0.717) is 19.1 Å². The van der Waals surface area contributed by atoms with Crippen LogP contribution in [0.5, 0.6) is 0 Å². The van der Waals surface area contributed by atoms with Crippen LogP contribution in [0.25, 0.3) is 0 Å². The van der Waals surface area contributed by atoms with Crippen LogP contribution in [0.3, 0.4) is 0 Å². The van der Waals surface area contributed by atoms with Crippen LogP contribution >= 0.6 is 0 Å². The molecule has 2 rings (SSSR count). The minimum atomic E-state index is -0.966. The summed E-state index contributed by atoms with van der Waals surface area (Å²) in [5, 5.41) is 9.04. The number of hydrogen-bond donors (Lipinski definition) is 1. The van der Waals surface area contributed by atoms with Gasteiger partial charge in [0.2, 0.25) is 5.91 Å². The SMILES string of the molecule is O=C(O)CC1C(=O)N(CCF)CCN1C1CCCCC1. The van der Waals surface area contributed by atoms with E-state index < -0.39 is 18.7 Å². The Kier molecular flexibility index (Phi) is 5.34. The average molecular weight is 286 g/mol. The highest BCUT2D eigenvalue weighted by atomic mass is 19.1. The Balaban J connectivity index is 2.09. The molecule has 0 aromatic heterocycles. The second-order valence-corrected chi connectivity index (χ2v) is 5.66. The van der Waals surface area contributed by atoms with Crippen LogP contribution in [-0.4, -0.2) is 65.2 Å². The molecular weight excluding hydrogens is 263 g/mol. The standard InChI is InChI=1S/C14H23FN2O3/c15-6-7-16-8-9-17(11-4-2-1-3-5-11)12(14(16)20)10-13(18)19/h11-12H,1-10H2,(H,18,19). The van der Waals surface area contributed by atoms with Gasteiger partial charge in [0, 0.05) is 25.7 Å². The van der Waals surface area contributed by atoms with E-state index in [0.717, 1.165) is 25.7 Å². The molecule has 1 amide bonds. The number of piperazine rings is 1. The first-order valence-electron chi connectivity index (χ1n) is 7.45. The van der Waals surface area contributed by atoms with Gasteiger partial charge in [-0.1, -0.05) is 19.3 Å². The number of carboxylic acid groups (broad SMARTS) is 1. The number of nitrogens with zero attached hydrogens (tertiary/aromatic N) is 2. The quantitative estimate of drug-likeness (QED) is 0.827. The van der Waals surface area contributed by atoms with Gasteiger partial charge in [0.1, 0.15) is 12.7 Å². The minimum absolute atomic E-state index is 0.0768. The Hall–Kier alpha value is -1.17. The maximum absolute atomic E-state index is 12.5. The van der Waals surface area contributed by atoms with Gasteiger partial charge in [0.25, 0.3) is 0 Å². The number of aliphatic carboxylic acids is 1. The van der Waals surface area contributed by atoms with E-state index in [9.17, 15) is 14.0 Å². The summed E-state index contributed by atoms with van der Waals surface area (Å²) in [6.45, 7) is 0.673. The summed E-state index contributed by atoms with van der Waals surface area (Å²) in [6.07, 6.45) is 5.39. The third-order valence-corrected chi connectivity index (χ3v) is 4.39. The van der Waals surface area contributed by atoms with Gasteiger partial charge >= 0.3 is 5.97 Å². The van der Waals surface area contributed by atoms with Gasteiger partial charge in [-0.05, 0) is 12.8 Å². The van der Waals surface area contributed by atoms with Crippen molar-refractivity contribution in [2.75, 3.05) is 26.3 Å². The first-order valence-corrected chi connectivity index (χ1v) is 7.45. The normalized spacial score (nSPS) is 25.9. The van der Waals surface area contributed by atoms with E-state index in [1.165, 1.54) is 11.3 Å². The second kappa shape index (κ2) is 7.02. The maximum Gasteiger partial charge on any atom is 0.305 e. The number of halogens is 1. The highest BCUT2D eigenvalue weighted by Gasteiger charge is 2.39. The van der Waals surface area contributed by atoms with E-state index in [4.69, 9.17) is 5.11 Å². The number of carbonyl (C=O) groups is 2. The van der Waals surface area contributed by atoms with Crippen LogP contribution in [0.2, 0.25) is 0 Å². The molecular formula is C14H23FN2O3. The van der Waals surface area contributed by atoms with Gasteiger partial charge in [-0.25, -0.2) is 4.39 Å². The molecule has 0 spiro atoms. The number of alkyl halides is 1. The van der Waals surface area contributed by atoms with Crippen molar-refractivity contribution in [2.45, 2.75) is 50.6 Å². The molecule has 0 aromatic rings. The fourth-order valence-electron chi connectivity index (χ4n) is 3.40. The number of carbonyl (C=O) groups excluding carboxylic acids is 1. The Morgan fingerprint density at radius 1 is 1.25 bits per heavy atom. The zero-order valence-electron chi connectivity index (χ0n) is 11.8. The lowest BCUT2D eigenvalue weighted by atomic mass is 9.91. The molecule has 1 saturated carbocycles. The molecule has 114 valence electrons. The van der Waals surface area contributed by atoms with Crippen molar-refractivity contribution in [1.29, 1.82) is 0 Å². The smallest absolute Gasteiger partial charge is 0.305 e. The molecule has 6 heteroatoms. The molecule has 5 nitrogen and oxygen atoms in total. The Labute approximate surface area is 118 Å². The van der Waals surface area contributed by atoms with Crippen LogP contribution in [0.4, 0.5) is 4.39 Å². The first kappa shape index (κ1) is 15.2. The van der Waals surface area contributed by atoms with Crippen molar-refractivity contribution < 1.29 is 19.1 Å². The molecule has 20 heavy (non-hydrogen) atoms. The van der Waals surface area contributed by atoms with Gasteiger partial charge in [-0.2, -0.15) is 0 Å². The van der Waals surface area contributed by atoms with Gasteiger partial charge < -0.3 is 10.0 Å². The van der Waals surface area contributed by atoms with E-state index in [2.05, 4.69) is 4.90 Å². The van der Waals surface area contributed by atoms with Crippen molar-refractivity contribution in [2.24, 2.45) is 0 Å². The lowest BCUT2D eigenvalue weighted by Crippen LogP contribution is -2.60. The molecule has 1 saturated heterocycles. The molecule has 1 N–H and O–H groups in total. The van der Waals surface area contributed by atoms with Crippen LogP contribution in [-0.2, 0) is 9.59 Å². The molecule has 1 heterocycles. The highest BCUT2D eigenvalue weighted by molar-refractivity contribution is 5.86. The van der Waals surface area contributed by atoms with Crippen molar-refractivity contribution in [3.05, 3.63) is 0 Å². The summed E-state index contributed by atoms with van der Waals surface area (Å²) in [4.78, 5) is 26.9. The average Bonchev–Trinajstić information content (AvgIpc) is 2.44. The molecule has 0 radical (unpaired) electrons. The fourth-order valence-corrected chi connectivity index (χ4v) is 3.40. The predicted molar refractivity (Wildman–Crippen MR) is 72.2 cm³/mol. The summed E-state index contributed by atoms with van der Waals surface area (Å²) < 4.78 is 12.5. The Morgan fingerprint density at radius 2 is 1.95 bits per heavy atom. The lowest BCUT2D eigenvalue weighted by molar-refractivity contribution is -0.151. The number of carboxylic acids is 1. The van der Waals surface area contributed by atoms with Crippen molar-refractivity contribution in [1.82, 2.24) is 9.80 Å². The highest BCUT2D eigenvalue weighted by Crippen LogP contribution is 2.27. The molecule has 0 bridgehead atoms. The van der Waals surface area contributed by atoms with Gasteiger partial charge in [0.05, 0.1) is 6.42 Å². The monoisotopic (exact) mass is 286 g/mol. The van der Waals surface area contributed by atoms with Gasteiger partial charge in [0.15, 0.2) is 0 Å². The van der Waals surface area contributed by atoms with Crippen LogP contribution < -0.4 is 0 Å². The topological polar surface area (TPSA) is 60.9 Å².